The molecule has 1 rings (SSSR count). The van der Waals surface area contributed by atoms with Crippen LogP contribution in [0, 0.1) is 0 Å². The number of alkyl carbamates (subject to hydrolysis) is 2. The van der Waals surface area contributed by atoms with Gasteiger partial charge in [-0.3, -0.25) is 0 Å². The van der Waals surface area contributed by atoms with Crippen molar-refractivity contribution in [1.82, 2.24) is 10.6 Å². The van der Waals surface area contributed by atoms with Gasteiger partial charge >= 0.3 is 18.8 Å². The number of alkyl halides is 2. The second-order valence-corrected chi connectivity index (χ2v) is 8.41. The maximum Gasteiger partial charge on any atom is 0.407 e. The Morgan fingerprint density at radius 1 is 0.846 bits per heavy atom. The fourth-order valence-corrected chi connectivity index (χ4v) is 2.71. The minimum absolute atomic E-state index is 0.204. The predicted molar refractivity (Wildman–Crippen MR) is 91.0 cm³/mol. The first-order chi connectivity index (χ1) is 11.7. The molecule has 0 aromatic carbocycles. The quantitative estimate of drug-likeness (QED) is 0.779. The third-order valence-electron chi connectivity index (χ3n) is 3.40. The van der Waals surface area contributed by atoms with Crippen LogP contribution >= 0.6 is 0 Å². The Bertz CT molecular complexity index is 451. The first-order valence-corrected chi connectivity index (χ1v) is 8.66. The van der Waals surface area contributed by atoms with E-state index in [1.807, 2.05) is 0 Å². The lowest BCUT2D eigenvalue weighted by Gasteiger charge is -2.35. The van der Waals surface area contributed by atoms with E-state index in [1.165, 1.54) is 0 Å². The molecule has 1 saturated carbocycles. The van der Waals surface area contributed by atoms with E-state index in [1.54, 1.807) is 41.5 Å². The molecule has 1 fully saturated rings. The van der Waals surface area contributed by atoms with Crippen molar-refractivity contribution in [2.45, 2.75) is 96.8 Å². The third kappa shape index (κ3) is 9.74. The van der Waals surface area contributed by atoms with Gasteiger partial charge in [-0.05, 0) is 60.8 Å². The van der Waals surface area contributed by atoms with E-state index in [-0.39, 0.29) is 12.8 Å². The van der Waals surface area contributed by atoms with Crippen molar-refractivity contribution in [1.29, 1.82) is 0 Å². The van der Waals surface area contributed by atoms with E-state index in [0.29, 0.717) is 6.42 Å². The first kappa shape index (κ1) is 22.4. The molecule has 26 heavy (non-hydrogen) atoms. The molecular weight excluding hydrogens is 350 g/mol. The minimum atomic E-state index is -2.93. The Labute approximate surface area is 153 Å². The average molecular weight is 380 g/mol. The molecule has 7 nitrogen and oxygen atoms in total. The van der Waals surface area contributed by atoms with Crippen molar-refractivity contribution < 1.29 is 32.6 Å². The van der Waals surface area contributed by atoms with Gasteiger partial charge < -0.3 is 24.8 Å². The van der Waals surface area contributed by atoms with E-state index in [4.69, 9.17) is 9.47 Å². The molecule has 1 aliphatic rings. The Kier molecular flexibility index (Phi) is 7.61. The lowest BCUT2D eigenvalue weighted by Crippen LogP contribution is -2.51. The van der Waals surface area contributed by atoms with Gasteiger partial charge in [0.1, 0.15) is 11.2 Å². The van der Waals surface area contributed by atoms with E-state index in [2.05, 4.69) is 15.4 Å². The van der Waals surface area contributed by atoms with Crippen molar-refractivity contribution in [3.8, 4) is 0 Å². The van der Waals surface area contributed by atoms with Crippen LogP contribution in [0.15, 0.2) is 0 Å². The van der Waals surface area contributed by atoms with E-state index < -0.39 is 48.2 Å². The molecule has 9 heteroatoms. The monoisotopic (exact) mass is 380 g/mol. The maximum absolute atomic E-state index is 12.6. The summed E-state index contributed by atoms with van der Waals surface area (Å²) < 4.78 is 40.2. The maximum atomic E-state index is 12.6. The molecule has 2 N–H and O–H groups in total. The van der Waals surface area contributed by atoms with Gasteiger partial charge in [-0.1, -0.05) is 0 Å². The van der Waals surface area contributed by atoms with Crippen molar-refractivity contribution in [3.05, 3.63) is 0 Å². The zero-order valence-corrected chi connectivity index (χ0v) is 16.2. The molecule has 0 aromatic rings. The second-order valence-electron chi connectivity index (χ2n) is 8.41. The summed E-state index contributed by atoms with van der Waals surface area (Å²) in [4.78, 5) is 23.9. The SMILES string of the molecule is CC(C)(C)OC(=O)NC1CC(NC(=O)OC(C)(C)C)CC(OC(F)F)C1. The minimum Gasteiger partial charge on any atom is -0.444 e. The molecule has 1 aliphatic carbocycles. The highest BCUT2D eigenvalue weighted by Gasteiger charge is 2.34. The van der Waals surface area contributed by atoms with Gasteiger partial charge in [-0.25, -0.2) is 9.59 Å². The number of nitrogens with one attached hydrogen (secondary N) is 2. The third-order valence-corrected chi connectivity index (χ3v) is 3.40. The van der Waals surface area contributed by atoms with E-state index >= 15 is 0 Å². The van der Waals surface area contributed by atoms with Crippen LogP contribution in [0.1, 0.15) is 60.8 Å². The fourth-order valence-electron chi connectivity index (χ4n) is 2.71. The summed E-state index contributed by atoms with van der Waals surface area (Å²) in [5.41, 5.74) is -1.35. The number of hydrogen-bond acceptors (Lipinski definition) is 5. The molecule has 0 bridgehead atoms. The summed E-state index contributed by atoms with van der Waals surface area (Å²) in [6.45, 7) is 7.42. The molecule has 0 spiro atoms. The summed E-state index contributed by atoms with van der Waals surface area (Å²) in [6, 6.07) is -0.940. The van der Waals surface area contributed by atoms with Crippen molar-refractivity contribution in [2.75, 3.05) is 0 Å². The van der Waals surface area contributed by atoms with Crippen LogP contribution in [-0.4, -0.2) is 48.2 Å². The largest absolute Gasteiger partial charge is 0.444 e. The van der Waals surface area contributed by atoms with E-state index in [0.717, 1.165) is 0 Å². The Morgan fingerprint density at radius 2 is 1.23 bits per heavy atom. The lowest BCUT2D eigenvalue weighted by atomic mass is 9.88. The number of ether oxygens (including phenoxy) is 3. The lowest BCUT2D eigenvalue weighted by molar-refractivity contribution is -0.172. The molecule has 0 heterocycles. The van der Waals surface area contributed by atoms with Crippen LogP contribution in [0.4, 0.5) is 18.4 Å². The summed E-state index contributed by atoms with van der Waals surface area (Å²) in [6.07, 6.45) is -1.32. The number of hydrogen-bond donors (Lipinski definition) is 2. The fraction of sp³-hybridized carbons (Fsp3) is 0.882. The molecule has 0 saturated heterocycles. The highest BCUT2D eigenvalue weighted by atomic mass is 19.3. The molecule has 2 amide bonds. The van der Waals surface area contributed by atoms with Crippen LogP contribution in [-0.2, 0) is 14.2 Å². The summed E-state index contributed by atoms with van der Waals surface area (Å²) in [7, 11) is 0. The van der Waals surface area contributed by atoms with Gasteiger partial charge in [-0.15, -0.1) is 0 Å². The summed E-state index contributed by atoms with van der Waals surface area (Å²) in [5, 5.41) is 5.30. The summed E-state index contributed by atoms with van der Waals surface area (Å²) >= 11 is 0. The normalized spacial score (nSPS) is 24.1. The van der Waals surface area contributed by atoms with Crippen LogP contribution in [0.3, 0.4) is 0 Å². The molecular formula is C17H30F2N2O5. The molecule has 2 atom stereocenters. The molecule has 0 aromatic heterocycles. The first-order valence-electron chi connectivity index (χ1n) is 8.66. The summed E-state index contributed by atoms with van der Waals surface area (Å²) in [5.74, 6) is 0. The standard InChI is InChI=1S/C17H30F2N2O5/c1-16(2,3)25-14(22)20-10-7-11(9-12(8-10)24-13(18)19)21-15(23)26-17(4,5)6/h10-13H,7-9H2,1-6H3,(H,20,22)(H,21,23). The zero-order valence-electron chi connectivity index (χ0n) is 16.2. The van der Waals surface area contributed by atoms with Crippen molar-refractivity contribution in [3.63, 3.8) is 0 Å². The predicted octanol–water partition coefficient (Wildman–Crippen LogP) is 3.56. The highest BCUT2D eigenvalue weighted by Crippen LogP contribution is 2.24. The van der Waals surface area contributed by atoms with Crippen LogP contribution in [0.5, 0.6) is 0 Å². The van der Waals surface area contributed by atoms with Gasteiger partial charge in [0.15, 0.2) is 0 Å². The van der Waals surface area contributed by atoms with Gasteiger partial charge in [0, 0.05) is 12.1 Å². The smallest absolute Gasteiger partial charge is 0.407 e. The van der Waals surface area contributed by atoms with Crippen LogP contribution in [0.25, 0.3) is 0 Å². The second kappa shape index (κ2) is 8.83. The van der Waals surface area contributed by atoms with Crippen LogP contribution in [0.2, 0.25) is 0 Å². The Hall–Kier alpha value is -1.64. The van der Waals surface area contributed by atoms with E-state index in [9.17, 15) is 18.4 Å². The molecule has 0 radical (unpaired) electrons. The molecule has 2 unspecified atom stereocenters. The number of rotatable bonds is 4. The van der Waals surface area contributed by atoms with Crippen LogP contribution < -0.4 is 10.6 Å². The Balaban J connectivity index is 2.69. The number of carbonyl (C=O) groups is 2. The molecule has 0 aliphatic heterocycles. The molecule has 152 valence electrons. The van der Waals surface area contributed by atoms with Gasteiger partial charge in [0.2, 0.25) is 0 Å². The Morgan fingerprint density at radius 3 is 1.54 bits per heavy atom. The number of halogens is 2. The van der Waals surface area contributed by atoms with Gasteiger partial charge in [0.25, 0.3) is 0 Å². The topological polar surface area (TPSA) is 85.9 Å². The van der Waals surface area contributed by atoms with Gasteiger partial charge in [0.05, 0.1) is 6.10 Å². The van der Waals surface area contributed by atoms with Crippen molar-refractivity contribution >= 4 is 12.2 Å². The number of carbonyl (C=O) groups excluding carboxylic acids is 2. The van der Waals surface area contributed by atoms with Gasteiger partial charge in [-0.2, -0.15) is 8.78 Å². The zero-order chi connectivity index (χ0) is 20.1. The van der Waals surface area contributed by atoms with Crippen molar-refractivity contribution in [2.24, 2.45) is 0 Å². The highest BCUT2D eigenvalue weighted by molar-refractivity contribution is 5.69. The average Bonchev–Trinajstić information content (AvgIpc) is 2.31. The number of amides is 2.